The highest BCUT2D eigenvalue weighted by Gasteiger charge is 2.18. The van der Waals surface area contributed by atoms with E-state index in [1.165, 1.54) is 24.9 Å². The zero-order chi connectivity index (χ0) is 24.6. The van der Waals surface area contributed by atoms with Crippen LogP contribution in [0.5, 0.6) is 0 Å². The van der Waals surface area contributed by atoms with Crippen molar-refractivity contribution in [1.29, 1.82) is 0 Å². The molecule has 8 nitrogen and oxygen atoms in total. The molecule has 36 heavy (non-hydrogen) atoms. The number of nitrogen functional groups attached to an aromatic ring is 1. The number of fused-ring (bicyclic) bond motifs is 2. The average Bonchev–Trinajstić information content (AvgIpc) is 3.24. The molecule has 1 aliphatic rings. The van der Waals surface area contributed by atoms with Crippen molar-refractivity contribution in [3.05, 3.63) is 82.6 Å². The molecule has 8 heteroatoms. The van der Waals surface area contributed by atoms with Crippen molar-refractivity contribution in [3.8, 4) is 11.4 Å². The number of aromatic nitrogens is 3. The number of rotatable bonds is 4. The van der Waals surface area contributed by atoms with Gasteiger partial charge < -0.3 is 25.9 Å². The van der Waals surface area contributed by atoms with Crippen LogP contribution in [-0.2, 0) is 0 Å². The van der Waals surface area contributed by atoms with Crippen LogP contribution in [0.1, 0.15) is 29.6 Å². The first-order chi connectivity index (χ1) is 17.6. The van der Waals surface area contributed by atoms with E-state index in [1.54, 1.807) is 24.3 Å². The summed E-state index contributed by atoms with van der Waals surface area (Å²) in [6.45, 7) is 2.15. The van der Waals surface area contributed by atoms with Gasteiger partial charge in [-0.25, -0.2) is 4.98 Å². The van der Waals surface area contributed by atoms with Gasteiger partial charge in [0.1, 0.15) is 0 Å². The normalized spacial score (nSPS) is 13.8. The summed E-state index contributed by atoms with van der Waals surface area (Å²) in [5.41, 5.74) is 11.5. The SMILES string of the molecule is Nc1c(-c2nc3ccccc3[nH]c2=O)[nH]c2ccc(C(=O)Nc3ccc(N4CCCCC4)cc3)cc12. The third kappa shape index (κ3) is 3.96. The molecule has 3 aromatic carbocycles. The van der Waals surface area contributed by atoms with Gasteiger partial charge in [-0.2, -0.15) is 0 Å². The van der Waals surface area contributed by atoms with Crippen LogP contribution in [0.2, 0.25) is 0 Å². The van der Waals surface area contributed by atoms with E-state index in [0.717, 1.165) is 24.3 Å². The highest BCUT2D eigenvalue weighted by atomic mass is 16.1. The molecule has 1 aliphatic heterocycles. The van der Waals surface area contributed by atoms with Crippen molar-refractivity contribution in [2.75, 3.05) is 29.0 Å². The monoisotopic (exact) mass is 478 g/mol. The molecule has 0 bridgehead atoms. The Morgan fingerprint density at radius 2 is 1.69 bits per heavy atom. The van der Waals surface area contributed by atoms with Gasteiger partial charge in [0.15, 0.2) is 5.69 Å². The number of benzene rings is 3. The number of aromatic amines is 2. The number of carbonyl (C=O) groups excluding carboxylic acids is 1. The van der Waals surface area contributed by atoms with Crippen LogP contribution in [-0.4, -0.2) is 33.9 Å². The molecule has 1 fully saturated rings. The van der Waals surface area contributed by atoms with Crippen molar-refractivity contribution in [2.24, 2.45) is 0 Å². The maximum atomic E-state index is 13.0. The number of anilines is 3. The summed E-state index contributed by atoms with van der Waals surface area (Å²) in [6.07, 6.45) is 3.73. The van der Waals surface area contributed by atoms with Crippen LogP contribution >= 0.6 is 0 Å². The lowest BCUT2D eigenvalue weighted by atomic mass is 10.1. The predicted molar refractivity (Wildman–Crippen MR) is 145 cm³/mol. The van der Waals surface area contributed by atoms with Gasteiger partial charge in [-0.1, -0.05) is 12.1 Å². The topological polar surface area (TPSA) is 120 Å². The molecule has 0 saturated carbocycles. The Morgan fingerprint density at radius 1 is 0.917 bits per heavy atom. The van der Waals surface area contributed by atoms with Gasteiger partial charge >= 0.3 is 0 Å². The molecule has 1 amide bonds. The Balaban J connectivity index is 1.27. The summed E-state index contributed by atoms with van der Waals surface area (Å²) in [5.74, 6) is -0.230. The molecule has 2 aromatic heterocycles. The quantitative estimate of drug-likeness (QED) is 0.293. The Morgan fingerprint density at radius 3 is 2.50 bits per heavy atom. The second-order valence-corrected chi connectivity index (χ2v) is 9.15. The maximum Gasteiger partial charge on any atom is 0.276 e. The number of hydrogen-bond donors (Lipinski definition) is 4. The van der Waals surface area contributed by atoms with E-state index in [1.807, 2.05) is 30.3 Å². The van der Waals surface area contributed by atoms with Gasteiger partial charge in [0, 0.05) is 40.9 Å². The van der Waals surface area contributed by atoms with E-state index < -0.39 is 0 Å². The fourth-order valence-electron chi connectivity index (χ4n) is 4.85. The third-order valence-corrected chi connectivity index (χ3v) is 6.78. The lowest BCUT2D eigenvalue weighted by molar-refractivity contribution is 0.102. The summed E-state index contributed by atoms with van der Waals surface area (Å²) in [6, 6.07) is 20.5. The largest absolute Gasteiger partial charge is 0.396 e. The molecule has 0 radical (unpaired) electrons. The van der Waals surface area contributed by atoms with E-state index in [9.17, 15) is 9.59 Å². The molecular formula is C28H26N6O2. The number of nitrogens with two attached hydrogens (primary N) is 1. The summed E-state index contributed by atoms with van der Waals surface area (Å²) in [5, 5.41) is 3.62. The molecule has 180 valence electrons. The average molecular weight is 479 g/mol. The van der Waals surface area contributed by atoms with Crippen molar-refractivity contribution in [1.82, 2.24) is 15.0 Å². The van der Waals surface area contributed by atoms with Crippen LogP contribution < -0.4 is 21.5 Å². The van der Waals surface area contributed by atoms with Crippen molar-refractivity contribution in [2.45, 2.75) is 19.3 Å². The maximum absolute atomic E-state index is 13.0. The minimum absolute atomic E-state index is 0.210. The van der Waals surface area contributed by atoms with Crippen molar-refractivity contribution >= 4 is 44.9 Å². The van der Waals surface area contributed by atoms with Crippen LogP contribution in [0.4, 0.5) is 17.1 Å². The minimum atomic E-state index is -0.335. The number of amides is 1. The molecule has 0 unspecified atom stereocenters. The number of H-pyrrole nitrogens is 2. The summed E-state index contributed by atoms with van der Waals surface area (Å²) < 4.78 is 0. The smallest absolute Gasteiger partial charge is 0.276 e. The first kappa shape index (κ1) is 21.9. The summed E-state index contributed by atoms with van der Waals surface area (Å²) in [4.78, 5) is 38.6. The Hall–Kier alpha value is -4.59. The van der Waals surface area contributed by atoms with Crippen LogP contribution in [0.15, 0.2) is 71.5 Å². The van der Waals surface area contributed by atoms with Gasteiger partial charge in [-0.3, -0.25) is 9.59 Å². The fourth-order valence-corrected chi connectivity index (χ4v) is 4.85. The minimum Gasteiger partial charge on any atom is -0.396 e. The van der Waals surface area contributed by atoms with Crippen molar-refractivity contribution < 1.29 is 4.79 Å². The van der Waals surface area contributed by atoms with Crippen molar-refractivity contribution in [3.63, 3.8) is 0 Å². The van der Waals surface area contributed by atoms with Gasteiger partial charge in [-0.15, -0.1) is 0 Å². The highest BCUT2D eigenvalue weighted by molar-refractivity contribution is 6.09. The molecule has 6 rings (SSSR count). The van der Waals surface area contributed by atoms with Crippen LogP contribution in [0, 0.1) is 0 Å². The van der Waals surface area contributed by atoms with Gasteiger partial charge in [-0.05, 0) is 73.9 Å². The number of nitrogens with zero attached hydrogens (tertiary/aromatic N) is 2. The first-order valence-corrected chi connectivity index (χ1v) is 12.1. The zero-order valence-corrected chi connectivity index (χ0v) is 19.7. The van der Waals surface area contributed by atoms with Gasteiger partial charge in [0.2, 0.25) is 0 Å². The van der Waals surface area contributed by atoms with E-state index in [4.69, 9.17) is 5.73 Å². The van der Waals surface area contributed by atoms with Gasteiger partial charge in [0.25, 0.3) is 11.5 Å². The molecule has 0 aliphatic carbocycles. The number of hydrogen-bond acceptors (Lipinski definition) is 5. The Kier molecular flexibility index (Phi) is 5.41. The molecule has 0 atom stereocenters. The number of piperidine rings is 1. The second kappa shape index (κ2) is 8.88. The van der Waals surface area contributed by atoms with E-state index >= 15 is 0 Å². The van der Waals surface area contributed by atoms with E-state index in [2.05, 4.69) is 37.3 Å². The Labute approximate surface area is 207 Å². The zero-order valence-electron chi connectivity index (χ0n) is 19.7. The number of nitrogens with one attached hydrogen (secondary N) is 3. The summed E-state index contributed by atoms with van der Waals surface area (Å²) in [7, 11) is 0. The van der Waals surface area contributed by atoms with E-state index in [0.29, 0.717) is 33.4 Å². The fraction of sp³-hybridized carbons (Fsp3) is 0.179. The third-order valence-electron chi connectivity index (χ3n) is 6.78. The number of para-hydroxylation sites is 2. The summed E-state index contributed by atoms with van der Waals surface area (Å²) >= 11 is 0. The highest BCUT2D eigenvalue weighted by Crippen LogP contribution is 2.31. The van der Waals surface area contributed by atoms with Gasteiger partial charge in [0.05, 0.1) is 22.4 Å². The Bertz CT molecular complexity index is 1650. The van der Waals surface area contributed by atoms with Crippen LogP contribution in [0.3, 0.4) is 0 Å². The lowest BCUT2D eigenvalue weighted by Gasteiger charge is -2.28. The molecule has 5 N–H and O–H groups in total. The standard InChI is InChI=1S/C28H26N6O2/c29-24-20-16-17(27(35)30-18-9-11-19(12-10-18)34-14-4-1-5-15-34)8-13-21(20)31-25(24)26-28(36)33-23-7-3-2-6-22(23)32-26/h2-3,6-13,16,31H,1,4-5,14-15,29H2,(H,30,35)(H,33,36). The predicted octanol–water partition coefficient (Wildman–Crippen LogP) is 4.90. The molecular weight excluding hydrogens is 452 g/mol. The lowest BCUT2D eigenvalue weighted by Crippen LogP contribution is -2.29. The first-order valence-electron chi connectivity index (χ1n) is 12.1. The molecule has 3 heterocycles. The second-order valence-electron chi connectivity index (χ2n) is 9.15. The number of carbonyl (C=O) groups is 1. The molecule has 5 aromatic rings. The molecule has 1 saturated heterocycles. The van der Waals surface area contributed by atoms with E-state index in [-0.39, 0.29) is 17.2 Å². The molecule has 0 spiro atoms. The van der Waals surface area contributed by atoms with Crippen LogP contribution in [0.25, 0.3) is 33.3 Å².